The Bertz CT molecular complexity index is 2170. The van der Waals surface area contributed by atoms with Crippen molar-refractivity contribution in [3.8, 4) is 0 Å². The fourth-order valence-corrected chi connectivity index (χ4v) is 8.67. The number of aromatic nitrogens is 4. The van der Waals surface area contributed by atoms with E-state index in [1.807, 2.05) is 69.6 Å². The highest BCUT2D eigenvalue weighted by Gasteiger charge is 2.37. The first-order valence-electron chi connectivity index (χ1n) is 16.5. The smallest absolute Gasteiger partial charge is 0.324 e. The van der Waals surface area contributed by atoms with Gasteiger partial charge in [0.15, 0.2) is 0 Å². The van der Waals surface area contributed by atoms with E-state index in [1.165, 1.54) is 4.31 Å². The Morgan fingerprint density at radius 3 is 2.56 bits per heavy atom. The van der Waals surface area contributed by atoms with Crippen LogP contribution in [0.25, 0.3) is 11.0 Å². The number of pyridine rings is 1. The fourth-order valence-electron chi connectivity index (χ4n) is 6.92. The molecule has 0 saturated carbocycles. The number of carbonyl (C=O) groups is 1. The average molecular weight is 705 g/mol. The van der Waals surface area contributed by atoms with Crippen LogP contribution in [0.15, 0.2) is 78.0 Å². The number of sulfonamides is 1. The Morgan fingerprint density at radius 1 is 1.08 bits per heavy atom. The molecule has 3 aromatic carbocycles. The molecule has 1 aliphatic heterocycles. The zero-order valence-corrected chi connectivity index (χ0v) is 29.3. The summed E-state index contributed by atoms with van der Waals surface area (Å²) in [4.78, 5) is 17.8. The number of benzene rings is 3. The van der Waals surface area contributed by atoms with Crippen molar-refractivity contribution >= 4 is 32.7 Å². The van der Waals surface area contributed by atoms with Crippen molar-refractivity contribution in [2.45, 2.75) is 71.1 Å². The highest BCUT2D eigenvalue weighted by molar-refractivity contribution is 7.89. The van der Waals surface area contributed by atoms with Crippen LogP contribution in [0.1, 0.15) is 65.6 Å². The molecule has 2 unspecified atom stereocenters. The normalized spacial score (nSPS) is 17.6. The molecule has 1 amide bonds. The standard InChI is InChI=1S/C37H39F3N6O3S/c1-6-46-32-13-12-31(24(4)35(32)43-44-46)34(25(5)36(47)42-30-8-7-15-41-19-30)26-10-9-23(3)28(17-26)21-45-20-22(2)16-27-18-29(37(38,39)40)11-14-33(27)50(45,48)49/h7-15,17-19,22,25,34H,6,16,20-21H2,1-5H3,(H,42,47)/t22-,25?,34?/m0/s1. The van der Waals surface area contributed by atoms with Crippen LogP contribution in [0.2, 0.25) is 0 Å². The van der Waals surface area contributed by atoms with E-state index in [0.717, 1.165) is 57.0 Å². The monoisotopic (exact) mass is 704 g/mol. The average Bonchev–Trinajstić information content (AvgIpc) is 3.47. The number of hydrogen-bond donors (Lipinski definition) is 1. The van der Waals surface area contributed by atoms with Crippen molar-refractivity contribution in [3.63, 3.8) is 0 Å². The second-order valence-corrected chi connectivity index (χ2v) is 15.1. The van der Waals surface area contributed by atoms with Crippen LogP contribution in [0, 0.1) is 25.7 Å². The Balaban J connectivity index is 1.41. The van der Waals surface area contributed by atoms with Gasteiger partial charge in [-0.2, -0.15) is 17.5 Å². The van der Waals surface area contributed by atoms with Gasteiger partial charge in [0.2, 0.25) is 15.9 Å². The van der Waals surface area contributed by atoms with Crippen LogP contribution >= 0.6 is 0 Å². The van der Waals surface area contributed by atoms with Gasteiger partial charge in [-0.3, -0.25) is 9.78 Å². The Kier molecular flexibility index (Phi) is 9.57. The predicted octanol–water partition coefficient (Wildman–Crippen LogP) is 7.27. The molecule has 0 aliphatic carbocycles. The van der Waals surface area contributed by atoms with E-state index in [0.29, 0.717) is 12.2 Å². The van der Waals surface area contributed by atoms with Gasteiger partial charge in [-0.1, -0.05) is 43.3 Å². The van der Waals surface area contributed by atoms with E-state index in [9.17, 15) is 26.4 Å². The SMILES string of the molecule is CCn1nnc2c(C)c(C(c3ccc(C)c(CN4C[C@@H](C)Cc5cc(C(F)(F)F)ccc5S4(=O)=O)c3)C(C)C(=O)Nc3cccnc3)ccc21. The lowest BCUT2D eigenvalue weighted by molar-refractivity contribution is -0.137. The summed E-state index contributed by atoms with van der Waals surface area (Å²) >= 11 is 0. The number of aryl methyl sites for hydroxylation is 3. The third kappa shape index (κ3) is 6.76. The zero-order valence-electron chi connectivity index (χ0n) is 28.5. The van der Waals surface area contributed by atoms with Crippen LogP contribution in [0.3, 0.4) is 0 Å². The maximum Gasteiger partial charge on any atom is 0.416 e. The molecule has 9 nitrogen and oxygen atoms in total. The summed E-state index contributed by atoms with van der Waals surface area (Å²) in [5, 5.41) is 11.7. The minimum atomic E-state index is -4.58. The number of carbonyl (C=O) groups excluding carboxylic acids is 1. The maximum absolute atomic E-state index is 14.0. The van der Waals surface area contributed by atoms with Crippen molar-refractivity contribution in [2.24, 2.45) is 11.8 Å². The quantitative estimate of drug-likeness (QED) is 0.182. The molecule has 5 aromatic rings. The molecule has 2 aromatic heterocycles. The zero-order chi connectivity index (χ0) is 36.0. The lowest BCUT2D eigenvalue weighted by Gasteiger charge is -2.28. The highest BCUT2D eigenvalue weighted by atomic mass is 32.2. The van der Waals surface area contributed by atoms with Crippen molar-refractivity contribution in [3.05, 3.63) is 112 Å². The minimum Gasteiger partial charge on any atom is -0.324 e. The van der Waals surface area contributed by atoms with Gasteiger partial charge in [0.05, 0.1) is 27.9 Å². The van der Waals surface area contributed by atoms with Crippen molar-refractivity contribution in [2.75, 3.05) is 11.9 Å². The summed E-state index contributed by atoms with van der Waals surface area (Å²) < 4.78 is 71.8. The lowest BCUT2D eigenvalue weighted by atomic mass is 9.78. The Morgan fingerprint density at radius 2 is 1.86 bits per heavy atom. The third-order valence-electron chi connectivity index (χ3n) is 9.63. The van der Waals surface area contributed by atoms with Gasteiger partial charge in [0.25, 0.3) is 0 Å². The van der Waals surface area contributed by atoms with Gasteiger partial charge in [-0.25, -0.2) is 13.1 Å². The summed E-state index contributed by atoms with van der Waals surface area (Å²) in [5.41, 5.74) is 5.63. The van der Waals surface area contributed by atoms with Crippen LogP contribution in [0.5, 0.6) is 0 Å². The van der Waals surface area contributed by atoms with E-state index in [2.05, 4.69) is 20.6 Å². The Hall–Kier alpha value is -4.62. The molecule has 50 heavy (non-hydrogen) atoms. The molecule has 13 heteroatoms. The molecule has 1 aliphatic rings. The molecule has 6 rings (SSSR count). The number of nitrogens with one attached hydrogen (secondary N) is 1. The molecule has 3 atom stereocenters. The number of alkyl halides is 3. The number of nitrogens with zero attached hydrogens (tertiary/aromatic N) is 5. The number of rotatable bonds is 8. The molecule has 3 heterocycles. The van der Waals surface area contributed by atoms with Gasteiger partial charge in [0, 0.05) is 37.7 Å². The van der Waals surface area contributed by atoms with Crippen molar-refractivity contribution in [1.82, 2.24) is 24.3 Å². The summed E-state index contributed by atoms with van der Waals surface area (Å²) in [6.07, 6.45) is -1.18. The number of hydrogen-bond acceptors (Lipinski definition) is 6. The Labute approximate surface area is 289 Å². The van der Waals surface area contributed by atoms with E-state index in [4.69, 9.17) is 0 Å². The minimum absolute atomic E-state index is 0.0125. The van der Waals surface area contributed by atoms with Crippen molar-refractivity contribution in [1.29, 1.82) is 0 Å². The molecule has 0 radical (unpaired) electrons. The van der Waals surface area contributed by atoms with E-state index in [1.54, 1.807) is 24.5 Å². The largest absolute Gasteiger partial charge is 0.416 e. The van der Waals surface area contributed by atoms with Crippen LogP contribution in [-0.2, 0) is 40.5 Å². The third-order valence-corrected chi connectivity index (χ3v) is 11.5. The molecule has 0 saturated heterocycles. The van der Waals surface area contributed by atoms with Crippen LogP contribution in [0.4, 0.5) is 18.9 Å². The first-order chi connectivity index (χ1) is 23.7. The molecule has 262 valence electrons. The lowest BCUT2D eigenvalue weighted by Crippen LogP contribution is -2.33. The summed E-state index contributed by atoms with van der Waals surface area (Å²) in [6, 6.07) is 16.1. The van der Waals surface area contributed by atoms with Gasteiger partial charge in [-0.05, 0) is 103 Å². The van der Waals surface area contributed by atoms with Gasteiger partial charge >= 0.3 is 6.18 Å². The highest BCUT2D eigenvalue weighted by Crippen LogP contribution is 2.39. The van der Waals surface area contributed by atoms with Crippen LogP contribution in [-0.4, -0.2) is 45.2 Å². The van der Waals surface area contributed by atoms with Gasteiger partial charge in [0.1, 0.15) is 5.52 Å². The summed E-state index contributed by atoms with van der Waals surface area (Å²) in [7, 11) is -4.13. The number of amides is 1. The molecule has 0 bridgehead atoms. The van der Waals surface area contributed by atoms with Gasteiger partial charge in [-0.15, -0.1) is 5.10 Å². The van der Waals surface area contributed by atoms with E-state index in [-0.39, 0.29) is 41.8 Å². The molecule has 0 fully saturated rings. The van der Waals surface area contributed by atoms with E-state index >= 15 is 0 Å². The first-order valence-corrected chi connectivity index (χ1v) is 18.0. The molecule has 0 spiro atoms. The topological polar surface area (TPSA) is 110 Å². The number of fused-ring (bicyclic) bond motifs is 2. The first kappa shape index (κ1) is 35.2. The second kappa shape index (κ2) is 13.6. The van der Waals surface area contributed by atoms with Crippen LogP contribution < -0.4 is 5.32 Å². The number of anilines is 1. The summed E-state index contributed by atoms with van der Waals surface area (Å²) in [5.74, 6) is -1.49. The second-order valence-electron chi connectivity index (χ2n) is 13.2. The molecular formula is C37H39F3N6O3S. The molecular weight excluding hydrogens is 666 g/mol. The molecule has 1 N–H and O–H groups in total. The predicted molar refractivity (Wildman–Crippen MR) is 185 cm³/mol. The van der Waals surface area contributed by atoms with E-state index < -0.39 is 33.6 Å². The van der Waals surface area contributed by atoms with Crippen molar-refractivity contribution < 1.29 is 26.4 Å². The maximum atomic E-state index is 14.0. The summed E-state index contributed by atoms with van der Waals surface area (Å²) in [6.45, 7) is 10.3. The number of halogens is 3. The van der Waals surface area contributed by atoms with Gasteiger partial charge < -0.3 is 5.32 Å². The fraction of sp³-hybridized carbons (Fsp3) is 0.351.